The Morgan fingerprint density at radius 1 is 1.53 bits per heavy atom. The van der Waals surface area contributed by atoms with Crippen LogP contribution in [0, 0.1) is 12.8 Å². The van der Waals surface area contributed by atoms with E-state index in [1.54, 1.807) is 0 Å². The SMILES string of the molecule is Cc1nc(N)cc(N(C)CC2CCCOC2)n1. The number of aryl methyl sites for hydroxylation is 1. The molecule has 1 saturated heterocycles. The summed E-state index contributed by atoms with van der Waals surface area (Å²) >= 11 is 0. The van der Waals surface area contributed by atoms with Gasteiger partial charge in [0.15, 0.2) is 0 Å². The van der Waals surface area contributed by atoms with Crippen molar-refractivity contribution in [1.29, 1.82) is 0 Å². The molecule has 0 saturated carbocycles. The van der Waals surface area contributed by atoms with E-state index in [0.29, 0.717) is 17.6 Å². The van der Waals surface area contributed by atoms with Gasteiger partial charge in [0, 0.05) is 26.3 Å². The van der Waals surface area contributed by atoms with Gasteiger partial charge in [-0.1, -0.05) is 0 Å². The first-order valence-corrected chi connectivity index (χ1v) is 6.05. The molecule has 0 aromatic carbocycles. The quantitative estimate of drug-likeness (QED) is 0.855. The smallest absolute Gasteiger partial charge is 0.134 e. The van der Waals surface area contributed by atoms with Crippen molar-refractivity contribution in [1.82, 2.24) is 9.97 Å². The molecule has 0 bridgehead atoms. The highest BCUT2D eigenvalue weighted by atomic mass is 16.5. The Hall–Kier alpha value is -1.36. The van der Waals surface area contributed by atoms with Crippen LogP contribution in [-0.2, 0) is 4.74 Å². The Labute approximate surface area is 102 Å². The third-order valence-electron chi connectivity index (χ3n) is 3.02. The van der Waals surface area contributed by atoms with Gasteiger partial charge in [-0.3, -0.25) is 0 Å². The highest BCUT2D eigenvalue weighted by molar-refractivity contribution is 5.46. The Kier molecular flexibility index (Phi) is 3.78. The number of nitrogen functional groups attached to an aromatic ring is 1. The summed E-state index contributed by atoms with van der Waals surface area (Å²) in [6.45, 7) is 4.57. The van der Waals surface area contributed by atoms with Gasteiger partial charge in [0.1, 0.15) is 17.5 Å². The molecule has 0 radical (unpaired) electrons. The van der Waals surface area contributed by atoms with Crippen molar-refractivity contribution in [2.45, 2.75) is 19.8 Å². The van der Waals surface area contributed by atoms with Gasteiger partial charge < -0.3 is 15.4 Å². The summed E-state index contributed by atoms with van der Waals surface area (Å²) in [5, 5.41) is 0. The minimum atomic E-state index is 0.527. The highest BCUT2D eigenvalue weighted by Gasteiger charge is 2.17. The molecule has 2 rings (SSSR count). The fourth-order valence-corrected chi connectivity index (χ4v) is 2.20. The molecule has 0 aliphatic carbocycles. The van der Waals surface area contributed by atoms with Crippen LogP contribution in [0.25, 0.3) is 0 Å². The van der Waals surface area contributed by atoms with Gasteiger partial charge in [0.25, 0.3) is 0 Å². The lowest BCUT2D eigenvalue weighted by Gasteiger charge is -2.27. The Morgan fingerprint density at radius 2 is 2.35 bits per heavy atom. The van der Waals surface area contributed by atoms with Crippen LogP contribution in [-0.4, -0.2) is 36.8 Å². The van der Waals surface area contributed by atoms with Gasteiger partial charge in [-0.05, 0) is 25.7 Å². The molecule has 1 aromatic rings. The van der Waals surface area contributed by atoms with E-state index in [1.165, 1.54) is 6.42 Å². The van der Waals surface area contributed by atoms with E-state index in [0.717, 1.165) is 32.0 Å². The molecule has 1 aliphatic rings. The van der Waals surface area contributed by atoms with Crippen molar-refractivity contribution in [3.05, 3.63) is 11.9 Å². The van der Waals surface area contributed by atoms with E-state index in [2.05, 4.69) is 14.9 Å². The van der Waals surface area contributed by atoms with Crippen molar-refractivity contribution >= 4 is 11.6 Å². The molecule has 17 heavy (non-hydrogen) atoms. The summed E-state index contributed by atoms with van der Waals surface area (Å²) in [6, 6.07) is 1.82. The van der Waals surface area contributed by atoms with E-state index in [9.17, 15) is 0 Å². The maximum Gasteiger partial charge on any atom is 0.134 e. The summed E-state index contributed by atoms with van der Waals surface area (Å²) < 4.78 is 5.48. The largest absolute Gasteiger partial charge is 0.384 e. The highest BCUT2D eigenvalue weighted by Crippen LogP contribution is 2.18. The van der Waals surface area contributed by atoms with Crippen molar-refractivity contribution < 1.29 is 4.74 Å². The molecule has 2 N–H and O–H groups in total. The number of nitrogens with two attached hydrogens (primary N) is 1. The zero-order valence-corrected chi connectivity index (χ0v) is 10.5. The van der Waals surface area contributed by atoms with Crippen LogP contribution < -0.4 is 10.6 Å². The number of ether oxygens (including phenoxy) is 1. The third-order valence-corrected chi connectivity index (χ3v) is 3.02. The lowest BCUT2D eigenvalue weighted by atomic mass is 10.0. The van der Waals surface area contributed by atoms with Crippen LogP contribution in [0.2, 0.25) is 0 Å². The number of hydrogen-bond acceptors (Lipinski definition) is 5. The molecule has 5 nitrogen and oxygen atoms in total. The molecule has 1 atom stereocenters. The van der Waals surface area contributed by atoms with E-state index in [4.69, 9.17) is 10.5 Å². The molecule has 5 heteroatoms. The minimum Gasteiger partial charge on any atom is -0.384 e. The number of nitrogens with zero attached hydrogens (tertiary/aromatic N) is 3. The first-order valence-electron chi connectivity index (χ1n) is 6.05. The minimum absolute atomic E-state index is 0.527. The second kappa shape index (κ2) is 5.31. The number of aromatic nitrogens is 2. The lowest BCUT2D eigenvalue weighted by molar-refractivity contribution is 0.0576. The molecule has 0 spiro atoms. The van der Waals surface area contributed by atoms with Gasteiger partial charge in [-0.15, -0.1) is 0 Å². The molecule has 1 fully saturated rings. The van der Waals surface area contributed by atoms with Gasteiger partial charge in [0.2, 0.25) is 0 Å². The van der Waals surface area contributed by atoms with Gasteiger partial charge >= 0.3 is 0 Å². The van der Waals surface area contributed by atoms with Crippen molar-refractivity contribution in [2.24, 2.45) is 5.92 Å². The summed E-state index contributed by atoms with van der Waals surface area (Å²) in [5.74, 6) is 2.72. The normalized spacial score (nSPS) is 20.2. The van der Waals surface area contributed by atoms with Crippen LogP contribution in [0.4, 0.5) is 11.6 Å². The molecule has 1 aromatic heterocycles. The van der Waals surface area contributed by atoms with Gasteiger partial charge in [-0.25, -0.2) is 9.97 Å². The molecular weight excluding hydrogens is 216 g/mol. The van der Waals surface area contributed by atoms with Crippen molar-refractivity contribution in [2.75, 3.05) is 37.4 Å². The molecule has 94 valence electrons. The predicted octanol–water partition coefficient (Wildman–Crippen LogP) is 1.23. The van der Waals surface area contributed by atoms with E-state index in [1.807, 2.05) is 20.0 Å². The van der Waals surface area contributed by atoms with Gasteiger partial charge in [-0.2, -0.15) is 0 Å². The maximum atomic E-state index is 5.73. The summed E-state index contributed by atoms with van der Waals surface area (Å²) in [4.78, 5) is 10.6. The van der Waals surface area contributed by atoms with E-state index in [-0.39, 0.29) is 0 Å². The van der Waals surface area contributed by atoms with Crippen LogP contribution >= 0.6 is 0 Å². The van der Waals surface area contributed by atoms with Crippen molar-refractivity contribution in [3.8, 4) is 0 Å². The Bertz CT molecular complexity index is 357. The van der Waals surface area contributed by atoms with Crippen LogP contribution in [0.5, 0.6) is 0 Å². The summed E-state index contributed by atoms with van der Waals surface area (Å²) in [6.07, 6.45) is 2.38. The number of hydrogen-bond donors (Lipinski definition) is 1. The number of rotatable bonds is 3. The molecule has 1 aliphatic heterocycles. The summed E-state index contributed by atoms with van der Waals surface area (Å²) in [5.41, 5.74) is 5.73. The average Bonchev–Trinajstić information content (AvgIpc) is 2.29. The fourth-order valence-electron chi connectivity index (χ4n) is 2.20. The van der Waals surface area contributed by atoms with Crippen LogP contribution in [0.1, 0.15) is 18.7 Å². The van der Waals surface area contributed by atoms with Crippen LogP contribution in [0.3, 0.4) is 0 Å². The third kappa shape index (κ3) is 3.30. The Balaban J connectivity index is 2.00. The molecule has 1 unspecified atom stereocenters. The summed E-state index contributed by atoms with van der Waals surface area (Å²) in [7, 11) is 2.04. The van der Waals surface area contributed by atoms with Gasteiger partial charge in [0.05, 0.1) is 6.61 Å². The standard InChI is InChI=1S/C12H20N4O/c1-9-14-11(13)6-12(15-9)16(2)7-10-4-3-5-17-8-10/h6,10H,3-5,7-8H2,1-2H3,(H2,13,14,15). The maximum absolute atomic E-state index is 5.73. The lowest BCUT2D eigenvalue weighted by Crippen LogP contribution is -2.31. The monoisotopic (exact) mass is 236 g/mol. The first kappa shape index (κ1) is 12.1. The first-order chi connectivity index (χ1) is 8.15. The molecule has 0 amide bonds. The molecular formula is C12H20N4O. The topological polar surface area (TPSA) is 64.3 Å². The predicted molar refractivity (Wildman–Crippen MR) is 68.0 cm³/mol. The fraction of sp³-hybridized carbons (Fsp3) is 0.667. The number of anilines is 2. The average molecular weight is 236 g/mol. The zero-order valence-electron chi connectivity index (χ0n) is 10.5. The zero-order chi connectivity index (χ0) is 12.3. The second-order valence-corrected chi connectivity index (χ2v) is 4.66. The van der Waals surface area contributed by atoms with E-state index < -0.39 is 0 Å². The Morgan fingerprint density at radius 3 is 3.00 bits per heavy atom. The van der Waals surface area contributed by atoms with Crippen LogP contribution in [0.15, 0.2) is 6.07 Å². The second-order valence-electron chi connectivity index (χ2n) is 4.66. The van der Waals surface area contributed by atoms with E-state index >= 15 is 0 Å². The molecule has 2 heterocycles. The van der Waals surface area contributed by atoms with Crippen molar-refractivity contribution in [3.63, 3.8) is 0 Å².